The molecule has 0 amide bonds. The first kappa shape index (κ1) is 9.38. The Kier molecular flexibility index (Phi) is 2.74. The van der Waals surface area contributed by atoms with E-state index in [0.29, 0.717) is 0 Å². The van der Waals surface area contributed by atoms with E-state index in [2.05, 4.69) is 5.32 Å². The molecular formula is C9H14N4. The first-order valence-corrected chi connectivity index (χ1v) is 3.98. The maximum Gasteiger partial charge on any atom is 0.190 e. The highest BCUT2D eigenvalue weighted by Crippen LogP contribution is 2.16. The van der Waals surface area contributed by atoms with Crippen LogP contribution in [-0.2, 0) is 0 Å². The lowest BCUT2D eigenvalue weighted by atomic mass is 10.2. The molecule has 0 radical (unpaired) electrons. The van der Waals surface area contributed by atoms with Crippen molar-refractivity contribution in [1.82, 2.24) is 0 Å². The number of nitrogens with two attached hydrogens (primary N) is 1. The molecule has 1 aromatic carbocycles. The molecule has 0 atom stereocenters. The SMILES string of the molecule is CN(C)c1cccc(NC(=N)N)c1. The van der Waals surface area contributed by atoms with E-state index in [1.54, 1.807) is 0 Å². The van der Waals surface area contributed by atoms with E-state index in [-0.39, 0.29) is 5.96 Å². The molecule has 0 aromatic heterocycles. The molecule has 4 heteroatoms. The van der Waals surface area contributed by atoms with Crippen molar-refractivity contribution in [3.8, 4) is 0 Å². The first-order valence-electron chi connectivity index (χ1n) is 3.98. The summed E-state index contributed by atoms with van der Waals surface area (Å²) in [5.41, 5.74) is 7.12. The van der Waals surface area contributed by atoms with E-state index in [9.17, 15) is 0 Å². The number of rotatable bonds is 2. The fourth-order valence-corrected chi connectivity index (χ4v) is 1.02. The summed E-state index contributed by atoms with van der Waals surface area (Å²) in [5.74, 6) is -0.0455. The van der Waals surface area contributed by atoms with E-state index in [1.165, 1.54) is 0 Å². The van der Waals surface area contributed by atoms with Crippen LogP contribution in [0.3, 0.4) is 0 Å². The molecule has 0 fully saturated rings. The minimum Gasteiger partial charge on any atom is -0.378 e. The number of anilines is 2. The molecule has 0 saturated carbocycles. The summed E-state index contributed by atoms with van der Waals surface area (Å²) in [4.78, 5) is 1.99. The zero-order valence-electron chi connectivity index (χ0n) is 7.83. The van der Waals surface area contributed by atoms with Crippen molar-refractivity contribution in [2.45, 2.75) is 0 Å². The van der Waals surface area contributed by atoms with Crippen molar-refractivity contribution in [3.63, 3.8) is 0 Å². The lowest BCUT2D eigenvalue weighted by Gasteiger charge is -2.13. The normalized spacial score (nSPS) is 9.38. The highest BCUT2D eigenvalue weighted by Gasteiger charge is 1.97. The first-order chi connectivity index (χ1) is 6.09. The lowest BCUT2D eigenvalue weighted by molar-refractivity contribution is 1.13. The molecular weight excluding hydrogens is 164 g/mol. The molecule has 4 N–H and O–H groups in total. The van der Waals surface area contributed by atoms with Crippen molar-refractivity contribution in [3.05, 3.63) is 24.3 Å². The Morgan fingerprint density at radius 2 is 2.15 bits per heavy atom. The smallest absolute Gasteiger partial charge is 0.190 e. The van der Waals surface area contributed by atoms with E-state index in [4.69, 9.17) is 11.1 Å². The second-order valence-electron chi connectivity index (χ2n) is 2.98. The van der Waals surface area contributed by atoms with Gasteiger partial charge in [0.1, 0.15) is 0 Å². The number of nitrogens with zero attached hydrogens (tertiary/aromatic N) is 1. The Morgan fingerprint density at radius 3 is 2.69 bits per heavy atom. The van der Waals surface area contributed by atoms with Crippen LogP contribution < -0.4 is 16.0 Å². The Hall–Kier alpha value is -1.71. The fourth-order valence-electron chi connectivity index (χ4n) is 1.02. The minimum atomic E-state index is -0.0455. The minimum absolute atomic E-state index is 0.0455. The van der Waals surface area contributed by atoms with E-state index in [0.717, 1.165) is 11.4 Å². The van der Waals surface area contributed by atoms with Gasteiger partial charge in [-0.1, -0.05) is 6.07 Å². The molecule has 0 unspecified atom stereocenters. The van der Waals surface area contributed by atoms with Gasteiger partial charge in [-0.3, -0.25) is 5.41 Å². The predicted molar refractivity (Wildman–Crippen MR) is 56.3 cm³/mol. The molecule has 0 bridgehead atoms. The Balaban J connectivity index is 2.85. The molecule has 4 nitrogen and oxygen atoms in total. The fraction of sp³-hybridized carbons (Fsp3) is 0.222. The van der Waals surface area contributed by atoms with Gasteiger partial charge >= 0.3 is 0 Å². The third kappa shape index (κ3) is 2.66. The standard InChI is InChI=1S/C9H14N4/c1-13(2)8-5-3-4-7(6-8)12-9(10)11/h3-6H,1-2H3,(H4,10,11,12). The van der Waals surface area contributed by atoms with Crippen molar-refractivity contribution in [2.75, 3.05) is 24.3 Å². The van der Waals surface area contributed by atoms with Gasteiger partial charge in [0, 0.05) is 25.5 Å². The summed E-state index contributed by atoms with van der Waals surface area (Å²) in [6, 6.07) is 7.71. The van der Waals surface area contributed by atoms with Crippen LogP contribution in [0.1, 0.15) is 0 Å². The van der Waals surface area contributed by atoms with Crippen LogP contribution in [-0.4, -0.2) is 20.1 Å². The molecule has 0 saturated heterocycles. The van der Waals surface area contributed by atoms with Gasteiger partial charge in [0.25, 0.3) is 0 Å². The van der Waals surface area contributed by atoms with Gasteiger partial charge in [-0.25, -0.2) is 0 Å². The summed E-state index contributed by atoms with van der Waals surface area (Å²) < 4.78 is 0. The maximum absolute atomic E-state index is 7.06. The van der Waals surface area contributed by atoms with Crippen LogP contribution in [0.5, 0.6) is 0 Å². The quantitative estimate of drug-likeness (QED) is 0.468. The number of hydrogen-bond acceptors (Lipinski definition) is 2. The lowest BCUT2D eigenvalue weighted by Crippen LogP contribution is -2.20. The largest absolute Gasteiger partial charge is 0.378 e. The summed E-state index contributed by atoms with van der Waals surface area (Å²) in [6.45, 7) is 0. The maximum atomic E-state index is 7.06. The second kappa shape index (κ2) is 3.80. The van der Waals surface area contributed by atoms with Crippen LogP contribution in [0, 0.1) is 5.41 Å². The predicted octanol–water partition coefficient (Wildman–Crippen LogP) is 1.06. The summed E-state index contributed by atoms with van der Waals surface area (Å²) in [6.07, 6.45) is 0. The molecule has 0 aliphatic rings. The Bertz CT molecular complexity index is 306. The second-order valence-corrected chi connectivity index (χ2v) is 2.98. The third-order valence-corrected chi connectivity index (χ3v) is 1.64. The molecule has 0 heterocycles. The van der Waals surface area contributed by atoms with Gasteiger partial charge in [0.15, 0.2) is 5.96 Å². The molecule has 1 aromatic rings. The van der Waals surface area contributed by atoms with Crippen LogP contribution in [0.25, 0.3) is 0 Å². The average Bonchev–Trinajstić information content (AvgIpc) is 2.03. The van der Waals surface area contributed by atoms with E-state index < -0.39 is 0 Å². The highest BCUT2D eigenvalue weighted by molar-refractivity contribution is 5.90. The molecule has 1 rings (SSSR count). The van der Waals surface area contributed by atoms with E-state index >= 15 is 0 Å². The number of hydrogen-bond donors (Lipinski definition) is 3. The van der Waals surface area contributed by atoms with Gasteiger partial charge in [0.05, 0.1) is 0 Å². The highest BCUT2D eigenvalue weighted by atomic mass is 15.1. The summed E-state index contributed by atoms with van der Waals surface area (Å²) in [7, 11) is 3.93. The van der Waals surface area contributed by atoms with Crippen LogP contribution in [0.4, 0.5) is 11.4 Å². The molecule has 0 aliphatic heterocycles. The van der Waals surface area contributed by atoms with Crippen LogP contribution in [0.15, 0.2) is 24.3 Å². The molecule has 0 spiro atoms. The summed E-state index contributed by atoms with van der Waals surface area (Å²) >= 11 is 0. The number of benzene rings is 1. The van der Waals surface area contributed by atoms with Gasteiger partial charge in [-0.2, -0.15) is 0 Å². The van der Waals surface area contributed by atoms with E-state index in [1.807, 2.05) is 43.3 Å². The van der Waals surface area contributed by atoms with Gasteiger partial charge in [-0.05, 0) is 18.2 Å². The van der Waals surface area contributed by atoms with Crippen molar-refractivity contribution < 1.29 is 0 Å². The topological polar surface area (TPSA) is 65.1 Å². The van der Waals surface area contributed by atoms with Gasteiger partial charge < -0.3 is 16.0 Å². The molecule has 70 valence electrons. The zero-order valence-corrected chi connectivity index (χ0v) is 7.83. The molecule has 13 heavy (non-hydrogen) atoms. The van der Waals surface area contributed by atoms with Gasteiger partial charge in [0.2, 0.25) is 0 Å². The Labute approximate surface area is 77.9 Å². The zero-order chi connectivity index (χ0) is 9.84. The van der Waals surface area contributed by atoms with Crippen LogP contribution in [0.2, 0.25) is 0 Å². The third-order valence-electron chi connectivity index (χ3n) is 1.64. The molecule has 0 aliphatic carbocycles. The average molecular weight is 178 g/mol. The Morgan fingerprint density at radius 1 is 1.46 bits per heavy atom. The number of nitrogens with one attached hydrogen (secondary N) is 2. The van der Waals surface area contributed by atoms with Gasteiger partial charge in [-0.15, -0.1) is 0 Å². The monoisotopic (exact) mass is 178 g/mol. The van der Waals surface area contributed by atoms with Crippen LogP contribution >= 0.6 is 0 Å². The summed E-state index contributed by atoms with van der Waals surface area (Å²) in [5, 5.41) is 9.80. The number of guanidine groups is 1. The van der Waals surface area contributed by atoms with Crippen molar-refractivity contribution in [2.24, 2.45) is 5.73 Å². The van der Waals surface area contributed by atoms with Crippen molar-refractivity contribution >= 4 is 17.3 Å². The van der Waals surface area contributed by atoms with Crippen molar-refractivity contribution in [1.29, 1.82) is 5.41 Å².